The van der Waals surface area contributed by atoms with Gasteiger partial charge in [0.1, 0.15) is 5.69 Å². The average molecular weight is 336 g/mol. The Morgan fingerprint density at radius 3 is 2.58 bits per heavy atom. The van der Waals surface area contributed by atoms with E-state index in [9.17, 15) is 28.3 Å². The van der Waals surface area contributed by atoms with Gasteiger partial charge in [-0.2, -0.15) is 18.4 Å². The molecule has 5 nitrogen and oxygen atoms in total. The zero-order valence-corrected chi connectivity index (χ0v) is 12.3. The standard InChI is InChI=1S/C16H11F3N2O3/c1-24-13-7-9(2-4-12(13)22)6-10(8-20)11-3-5-14(16(17,18)19)21-15(11)23/h2-7,22H,1H3,(H,21,23)/b10-6+. The summed E-state index contributed by atoms with van der Waals surface area (Å²) in [6.45, 7) is 0. The van der Waals surface area contributed by atoms with Gasteiger partial charge in [0.05, 0.1) is 24.3 Å². The zero-order chi connectivity index (χ0) is 17.9. The van der Waals surface area contributed by atoms with E-state index in [0.29, 0.717) is 11.6 Å². The number of ether oxygens (including phenoxy) is 1. The summed E-state index contributed by atoms with van der Waals surface area (Å²) in [4.78, 5) is 13.6. The molecule has 2 aromatic rings. The largest absolute Gasteiger partial charge is 0.504 e. The summed E-state index contributed by atoms with van der Waals surface area (Å²) >= 11 is 0. The van der Waals surface area contributed by atoms with Crippen LogP contribution in [0.15, 0.2) is 35.1 Å². The van der Waals surface area contributed by atoms with Gasteiger partial charge in [-0.1, -0.05) is 6.07 Å². The van der Waals surface area contributed by atoms with Gasteiger partial charge in [0, 0.05) is 0 Å². The van der Waals surface area contributed by atoms with Gasteiger partial charge in [0.15, 0.2) is 11.5 Å². The fourth-order valence-corrected chi connectivity index (χ4v) is 1.97. The minimum atomic E-state index is -4.68. The SMILES string of the molecule is COc1cc(/C=C(\C#N)c2ccc(C(F)(F)F)[nH]c2=O)ccc1O. The average Bonchev–Trinajstić information content (AvgIpc) is 2.53. The minimum absolute atomic E-state index is 0.111. The molecule has 0 radical (unpaired) electrons. The topological polar surface area (TPSA) is 86.1 Å². The van der Waals surface area contributed by atoms with Gasteiger partial charge in [-0.3, -0.25) is 4.79 Å². The number of pyridine rings is 1. The summed E-state index contributed by atoms with van der Waals surface area (Å²) < 4.78 is 42.6. The number of nitrogens with one attached hydrogen (secondary N) is 1. The fraction of sp³-hybridized carbons (Fsp3) is 0.125. The maximum Gasteiger partial charge on any atom is 0.431 e. The maximum absolute atomic E-state index is 12.6. The number of alkyl halides is 3. The van der Waals surface area contributed by atoms with Crippen LogP contribution in [0.25, 0.3) is 11.6 Å². The lowest BCUT2D eigenvalue weighted by Crippen LogP contribution is -2.18. The molecule has 0 aliphatic heterocycles. The highest BCUT2D eigenvalue weighted by molar-refractivity contribution is 5.89. The molecule has 124 valence electrons. The third-order valence-electron chi connectivity index (χ3n) is 3.14. The summed E-state index contributed by atoms with van der Waals surface area (Å²) in [5.41, 5.74) is -2.11. The summed E-state index contributed by atoms with van der Waals surface area (Å²) in [6, 6.07) is 7.62. The van der Waals surface area contributed by atoms with Gasteiger partial charge in [0.25, 0.3) is 5.56 Å². The van der Waals surface area contributed by atoms with Crippen molar-refractivity contribution in [1.82, 2.24) is 4.98 Å². The lowest BCUT2D eigenvalue weighted by molar-refractivity contribution is -0.141. The van der Waals surface area contributed by atoms with Crippen molar-refractivity contribution in [2.45, 2.75) is 6.18 Å². The molecular formula is C16H11F3N2O3. The second-order valence-electron chi connectivity index (χ2n) is 4.71. The number of H-pyrrole nitrogens is 1. The summed E-state index contributed by atoms with van der Waals surface area (Å²) in [5.74, 6) is 0.0444. The number of nitriles is 1. The first-order valence-corrected chi connectivity index (χ1v) is 6.56. The molecular weight excluding hydrogens is 325 g/mol. The summed E-state index contributed by atoms with van der Waals surface area (Å²) in [7, 11) is 1.34. The molecule has 0 aliphatic rings. The molecule has 0 fully saturated rings. The predicted octanol–water partition coefficient (Wildman–Crippen LogP) is 3.17. The van der Waals surface area contributed by atoms with Crippen LogP contribution >= 0.6 is 0 Å². The Labute approximate surface area is 134 Å². The monoisotopic (exact) mass is 336 g/mol. The fourth-order valence-electron chi connectivity index (χ4n) is 1.97. The highest BCUT2D eigenvalue weighted by Crippen LogP contribution is 2.29. The number of rotatable bonds is 3. The Morgan fingerprint density at radius 1 is 1.33 bits per heavy atom. The van der Waals surface area contributed by atoms with E-state index in [1.165, 1.54) is 31.4 Å². The molecule has 0 saturated carbocycles. The van der Waals surface area contributed by atoms with Crippen molar-refractivity contribution >= 4 is 11.6 Å². The smallest absolute Gasteiger partial charge is 0.431 e. The van der Waals surface area contributed by atoms with Crippen LogP contribution in [0.5, 0.6) is 11.5 Å². The summed E-state index contributed by atoms with van der Waals surface area (Å²) in [5, 5.41) is 18.7. The quantitative estimate of drug-likeness (QED) is 0.843. The second kappa shape index (κ2) is 6.50. The number of hydrogen-bond donors (Lipinski definition) is 2. The lowest BCUT2D eigenvalue weighted by Gasteiger charge is -2.07. The van der Waals surface area contributed by atoms with Crippen LogP contribution in [-0.2, 0) is 6.18 Å². The maximum atomic E-state index is 12.6. The van der Waals surface area contributed by atoms with Crippen LogP contribution in [0.2, 0.25) is 0 Å². The number of benzene rings is 1. The zero-order valence-electron chi connectivity index (χ0n) is 12.3. The first kappa shape index (κ1) is 17.1. The van der Waals surface area contributed by atoms with Gasteiger partial charge in [-0.05, 0) is 35.9 Å². The van der Waals surface area contributed by atoms with Crippen molar-refractivity contribution in [3.63, 3.8) is 0 Å². The van der Waals surface area contributed by atoms with E-state index in [-0.39, 0.29) is 22.6 Å². The van der Waals surface area contributed by atoms with E-state index in [0.717, 1.165) is 6.07 Å². The van der Waals surface area contributed by atoms with E-state index in [1.54, 1.807) is 11.1 Å². The van der Waals surface area contributed by atoms with Gasteiger partial charge in [-0.25, -0.2) is 0 Å². The lowest BCUT2D eigenvalue weighted by atomic mass is 10.0. The number of aromatic hydroxyl groups is 1. The number of phenolic OH excluding ortho intramolecular Hbond substituents is 1. The molecule has 0 aliphatic carbocycles. The molecule has 0 bridgehead atoms. The number of hydrogen-bond acceptors (Lipinski definition) is 4. The van der Waals surface area contributed by atoms with E-state index in [2.05, 4.69) is 0 Å². The summed E-state index contributed by atoms with van der Waals surface area (Å²) in [6.07, 6.45) is -3.38. The number of methoxy groups -OCH3 is 1. The first-order valence-electron chi connectivity index (χ1n) is 6.56. The van der Waals surface area contributed by atoms with Crippen molar-refractivity contribution in [2.75, 3.05) is 7.11 Å². The first-order chi connectivity index (χ1) is 11.3. The molecule has 0 unspecified atom stereocenters. The van der Waals surface area contributed by atoms with Crippen molar-refractivity contribution in [1.29, 1.82) is 5.26 Å². The van der Waals surface area contributed by atoms with Crippen LogP contribution in [0.4, 0.5) is 13.2 Å². The molecule has 8 heteroatoms. The van der Waals surface area contributed by atoms with Crippen LogP contribution in [0.3, 0.4) is 0 Å². The molecule has 0 spiro atoms. The number of allylic oxidation sites excluding steroid dienone is 1. The Kier molecular flexibility index (Phi) is 4.64. The third kappa shape index (κ3) is 3.57. The second-order valence-corrected chi connectivity index (χ2v) is 4.71. The third-order valence-corrected chi connectivity index (χ3v) is 3.14. The van der Waals surface area contributed by atoms with Crippen LogP contribution in [-0.4, -0.2) is 17.2 Å². The van der Waals surface area contributed by atoms with E-state index in [4.69, 9.17) is 4.74 Å². The van der Waals surface area contributed by atoms with Crippen LogP contribution in [0.1, 0.15) is 16.8 Å². The highest BCUT2D eigenvalue weighted by atomic mass is 19.4. The Balaban J connectivity index is 2.50. The molecule has 1 heterocycles. The molecule has 0 saturated heterocycles. The van der Waals surface area contributed by atoms with Crippen molar-refractivity contribution < 1.29 is 23.0 Å². The number of aromatic nitrogens is 1. The van der Waals surface area contributed by atoms with E-state index >= 15 is 0 Å². The van der Waals surface area contributed by atoms with Gasteiger partial charge in [0.2, 0.25) is 0 Å². The molecule has 2 rings (SSSR count). The molecule has 1 aromatic carbocycles. The molecule has 0 amide bonds. The minimum Gasteiger partial charge on any atom is -0.504 e. The van der Waals surface area contributed by atoms with Crippen LogP contribution in [0, 0.1) is 11.3 Å². The van der Waals surface area contributed by atoms with Crippen LogP contribution < -0.4 is 10.3 Å². The predicted molar refractivity (Wildman–Crippen MR) is 80.2 cm³/mol. The number of halogens is 3. The van der Waals surface area contributed by atoms with Gasteiger partial charge >= 0.3 is 6.18 Å². The Bertz CT molecular complexity index is 893. The number of nitrogens with zero attached hydrogens (tertiary/aromatic N) is 1. The van der Waals surface area contributed by atoms with E-state index < -0.39 is 17.4 Å². The Hall–Kier alpha value is -3.21. The van der Waals surface area contributed by atoms with Gasteiger partial charge in [-0.15, -0.1) is 0 Å². The van der Waals surface area contributed by atoms with Crippen molar-refractivity contribution in [3.8, 4) is 17.6 Å². The Morgan fingerprint density at radius 2 is 2.04 bits per heavy atom. The molecule has 1 aromatic heterocycles. The number of aromatic amines is 1. The molecule has 2 N–H and O–H groups in total. The molecule has 0 atom stereocenters. The van der Waals surface area contributed by atoms with Crippen molar-refractivity contribution in [2.24, 2.45) is 0 Å². The highest BCUT2D eigenvalue weighted by Gasteiger charge is 2.32. The van der Waals surface area contributed by atoms with Gasteiger partial charge < -0.3 is 14.8 Å². The number of phenols is 1. The van der Waals surface area contributed by atoms with E-state index in [1.807, 2.05) is 0 Å². The molecule has 24 heavy (non-hydrogen) atoms. The van der Waals surface area contributed by atoms with Crippen molar-refractivity contribution in [3.05, 3.63) is 57.5 Å². The normalized spacial score (nSPS) is 11.9.